The number of ether oxygens (including phenoxy) is 1. The number of anilines is 2. The molecule has 0 unspecified atom stereocenters. The van der Waals surface area contributed by atoms with E-state index in [1.54, 1.807) is 12.1 Å². The highest BCUT2D eigenvalue weighted by Gasteiger charge is 2.27. The summed E-state index contributed by atoms with van der Waals surface area (Å²) in [5.41, 5.74) is 4.50. The fourth-order valence-electron chi connectivity index (χ4n) is 5.60. The molecule has 0 fully saturated rings. The lowest BCUT2D eigenvalue weighted by Crippen LogP contribution is -2.32. The molecule has 2 N–H and O–H groups in total. The number of fused-ring (bicyclic) bond motifs is 2. The molecule has 0 spiro atoms. The van der Waals surface area contributed by atoms with Gasteiger partial charge in [0.05, 0.1) is 23.4 Å². The van der Waals surface area contributed by atoms with Crippen LogP contribution in [0, 0.1) is 17.7 Å². The summed E-state index contributed by atoms with van der Waals surface area (Å²) in [6.45, 7) is 4.61. The fourth-order valence-corrected chi connectivity index (χ4v) is 7.59. The molecule has 2 amide bonds. The lowest BCUT2D eigenvalue weighted by Gasteiger charge is -2.29. The van der Waals surface area contributed by atoms with Crippen molar-refractivity contribution in [2.45, 2.75) is 39.2 Å². The van der Waals surface area contributed by atoms with Crippen LogP contribution < -0.4 is 20.3 Å². The number of rotatable bonds is 12. The van der Waals surface area contributed by atoms with Gasteiger partial charge in [0.1, 0.15) is 5.69 Å². The van der Waals surface area contributed by atoms with Crippen LogP contribution >= 0.6 is 22.7 Å². The molecule has 0 radical (unpaired) electrons. The standard InChI is InChI=1S/C38H39FN6O3S2/c1-4-19-40-36(47)34-33(15-9-22-48-31-17-16-25(23-29(31)39)10-8-20-44(2)3)50-38(42-34)45-21-18-26-11-7-12-27(28(26)24-45)35(46)43-37-41-30-13-5-6-14-32(30)49-37/h5-7,11-14,16-17,23H,4,9,15,18-22,24H2,1-3H3,(H,40,47)(H,41,43,46). The molecule has 1 aliphatic heterocycles. The van der Waals surface area contributed by atoms with Crippen molar-refractivity contribution >= 4 is 55.0 Å². The molecule has 0 aliphatic carbocycles. The summed E-state index contributed by atoms with van der Waals surface area (Å²) < 4.78 is 21.5. The summed E-state index contributed by atoms with van der Waals surface area (Å²) in [6.07, 6.45) is 2.66. The van der Waals surface area contributed by atoms with Crippen molar-refractivity contribution in [1.82, 2.24) is 20.2 Å². The topological polar surface area (TPSA) is 99.7 Å². The number of amides is 2. The van der Waals surface area contributed by atoms with Crippen molar-refractivity contribution in [3.63, 3.8) is 0 Å². The van der Waals surface area contributed by atoms with Crippen LogP contribution in [0.25, 0.3) is 10.2 Å². The van der Waals surface area contributed by atoms with E-state index >= 15 is 0 Å². The number of benzene rings is 3. The minimum Gasteiger partial charge on any atom is -0.491 e. The van der Waals surface area contributed by atoms with Gasteiger partial charge in [-0.2, -0.15) is 0 Å². The molecular weight excluding hydrogens is 672 g/mol. The Balaban J connectivity index is 1.14. The quantitative estimate of drug-likeness (QED) is 0.109. The summed E-state index contributed by atoms with van der Waals surface area (Å²) in [5.74, 6) is 5.27. The number of halogens is 1. The summed E-state index contributed by atoms with van der Waals surface area (Å²) in [5, 5.41) is 7.25. The molecule has 0 saturated carbocycles. The Bertz CT molecular complexity index is 2030. The lowest BCUT2D eigenvalue weighted by atomic mass is 9.94. The highest BCUT2D eigenvalue weighted by atomic mass is 32.1. The molecule has 2 aromatic heterocycles. The molecule has 0 saturated heterocycles. The molecule has 0 bridgehead atoms. The van der Waals surface area contributed by atoms with Crippen molar-refractivity contribution in [3.05, 3.63) is 99.3 Å². The zero-order chi connectivity index (χ0) is 35.0. The summed E-state index contributed by atoms with van der Waals surface area (Å²) in [4.78, 5) is 41.1. The number of carbonyl (C=O) groups is 2. The highest BCUT2D eigenvalue weighted by Crippen LogP contribution is 2.33. The van der Waals surface area contributed by atoms with Crippen LogP contribution in [-0.2, 0) is 19.4 Å². The van der Waals surface area contributed by atoms with Crippen LogP contribution in [0.5, 0.6) is 5.75 Å². The van der Waals surface area contributed by atoms with Gasteiger partial charge in [-0.25, -0.2) is 14.4 Å². The Hall–Kier alpha value is -4.83. The molecule has 3 heterocycles. The van der Waals surface area contributed by atoms with Gasteiger partial charge in [0.15, 0.2) is 21.8 Å². The van der Waals surface area contributed by atoms with Gasteiger partial charge in [-0.05, 0) is 87.3 Å². The maximum Gasteiger partial charge on any atom is 0.271 e. The van der Waals surface area contributed by atoms with Crippen LogP contribution in [0.4, 0.5) is 14.7 Å². The van der Waals surface area contributed by atoms with Gasteiger partial charge in [-0.3, -0.25) is 19.8 Å². The highest BCUT2D eigenvalue weighted by molar-refractivity contribution is 7.22. The minimum absolute atomic E-state index is 0.170. The molecule has 9 nitrogen and oxygen atoms in total. The van der Waals surface area contributed by atoms with Crippen molar-refractivity contribution in [2.24, 2.45) is 0 Å². The Morgan fingerprint density at radius 3 is 2.72 bits per heavy atom. The van der Waals surface area contributed by atoms with Gasteiger partial charge in [0.2, 0.25) is 0 Å². The van der Waals surface area contributed by atoms with E-state index in [0.29, 0.717) is 61.0 Å². The molecular formula is C38H39FN6O3S2. The van der Waals surface area contributed by atoms with Gasteiger partial charge in [0, 0.05) is 35.6 Å². The maximum absolute atomic E-state index is 14.7. The van der Waals surface area contributed by atoms with Crippen LogP contribution in [0.2, 0.25) is 0 Å². The smallest absolute Gasteiger partial charge is 0.271 e. The van der Waals surface area contributed by atoms with Crippen molar-refractivity contribution in [3.8, 4) is 17.6 Å². The minimum atomic E-state index is -0.458. The first-order chi connectivity index (χ1) is 24.3. The largest absolute Gasteiger partial charge is 0.491 e. The first-order valence-electron chi connectivity index (χ1n) is 16.7. The molecule has 12 heteroatoms. The lowest BCUT2D eigenvalue weighted by molar-refractivity contribution is 0.0947. The average Bonchev–Trinajstić information content (AvgIpc) is 3.73. The van der Waals surface area contributed by atoms with Crippen LogP contribution in [0.15, 0.2) is 60.7 Å². The number of hydrogen-bond acceptors (Lipinski definition) is 9. The normalized spacial score (nSPS) is 12.4. The molecule has 50 heavy (non-hydrogen) atoms. The number of carbonyl (C=O) groups excluding carboxylic acids is 2. The Labute approximate surface area is 299 Å². The van der Waals surface area contributed by atoms with Crippen molar-refractivity contribution in [2.75, 3.05) is 50.6 Å². The third kappa shape index (κ3) is 8.48. The van der Waals surface area contributed by atoms with Crippen LogP contribution in [0.3, 0.4) is 0 Å². The third-order valence-electron chi connectivity index (χ3n) is 8.10. The third-order valence-corrected chi connectivity index (χ3v) is 10.2. The zero-order valence-corrected chi connectivity index (χ0v) is 30.0. The van der Waals surface area contributed by atoms with E-state index in [1.807, 2.05) is 62.3 Å². The van der Waals surface area contributed by atoms with E-state index < -0.39 is 5.82 Å². The van der Waals surface area contributed by atoms with E-state index in [-0.39, 0.29) is 24.2 Å². The monoisotopic (exact) mass is 710 g/mol. The first kappa shape index (κ1) is 35.0. The Kier molecular flexibility index (Phi) is 11.4. The van der Waals surface area contributed by atoms with E-state index in [1.165, 1.54) is 28.7 Å². The van der Waals surface area contributed by atoms with E-state index in [0.717, 1.165) is 44.2 Å². The first-order valence-corrected chi connectivity index (χ1v) is 18.3. The van der Waals surface area contributed by atoms with Crippen molar-refractivity contribution in [1.29, 1.82) is 0 Å². The summed E-state index contributed by atoms with van der Waals surface area (Å²) in [7, 11) is 3.86. The van der Waals surface area contributed by atoms with Crippen LogP contribution in [0.1, 0.15) is 62.2 Å². The Morgan fingerprint density at radius 2 is 1.92 bits per heavy atom. The van der Waals surface area contributed by atoms with E-state index in [4.69, 9.17) is 9.72 Å². The average molecular weight is 711 g/mol. The number of nitrogens with zero attached hydrogens (tertiary/aromatic N) is 4. The molecule has 3 aromatic carbocycles. The molecule has 1 aliphatic rings. The number of aryl methyl sites for hydroxylation is 1. The van der Waals surface area contributed by atoms with Crippen LogP contribution in [-0.4, -0.2) is 67.0 Å². The van der Waals surface area contributed by atoms with Gasteiger partial charge in [-0.1, -0.05) is 54.4 Å². The van der Waals surface area contributed by atoms with Gasteiger partial charge in [0.25, 0.3) is 11.8 Å². The number of para-hydroxylation sites is 1. The maximum atomic E-state index is 14.7. The fraction of sp³-hybridized carbons (Fsp3) is 0.316. The molecule has 6 rings (SSSR count). The van der Waals surface area contributed by atoms with Gasteiger partial charge in [-0.15, -0.1) is 11.3 Å². The number of nitrogens with one attached hydrogen (secondary N) is 2. The second-order valence-electron chi connectivity index (χ2n) is 12.2. The van der Waals surface area contributed by atoms with E-state index in [2.05, 4.69) is 38.4 Å². The summed E-state index contributed by atoms with van der Waals surface area (Å²) >= 11 is 2.92. The molecule has 258 valence electrons. The van der Waals surface area contributed by atoms with Gasteiger partial charge < -0.3 is 15.0 Å². The van der Waals surface area contributed by atoms with Gasteiger partial charge >= 0.3 is 0 Å². The summed E-state index contributed by atoms with van der Waals surface area (Å²) in [6, 6.07) is 18.4. The SMILES string of the molecule is CCCNC(=O)c1nc(N2CCc3cccc(C(=O)Nc4nc5ccccc5s4)c3C2)sc1CCCOc1ccc(C#CCN(C)C)cc1F. The predicted molar refractivity (Wildman–Crippen MR) is 199 cm³/mol. The number of aromatic nitrogens is 2. The Morgan fingerprint density at radius 1 is 1.06 bits per heavy atom. The second kappa shape index (κ2) is 16.3. The number of hydrogen-bond donors (Lipinski definition) is 2. The molecule has 5 aromatic rings. The zero-order valence-electron chi connectivity index (χ0n) is 28.3. The molecule has 0 atom stereocenters. The van der Waals surface area contributed by atoms with Crippen molar-refractivity contribution < 1.29 is 18.7 Å². The van der Waals surface area contributed by atoms with E-state index in [9.17, 15) is 14.0 Å². The number of thiazole rings is 2. The second-order valence-corrected chi connectivity index (χ2v) is 14.3. The predicted octanol–water partition coefficient (Wildman–Crippen LogP) is 6.77.